The van der Waals surface area contributed by atoms with Crippen LogP contribution in [-0.2, 0) is 0 Å². The molecule has 0 fully saturated rings. The van der Waals surface area contributed by atoms with Crippen molar-refractivity contribution in [2.45, 2.75) is 103 Å². The molecule has 0 aliphatic heterocycles. The average Bonchev–Trinajstić information content (AvgIpc) is 2.39. The van der Waals surface area contributed by atoms with E-state index in [0.29, 0.717) is 0 Å². The van der Waals surface area contributed by atoms with Crippen LogP contribution in [0.15, 0.2) is 0 Å². The maximum atomic E-state index is 9.01. The maximum Gasteiger partial charge on any atom is 0.355 e. The second-order valence-corrected chi connectivity index (χ2v) is 6.46. The van der Waals surface area contributed by atoms with Gasteiger partial charge in [0.1, 0.15) is 0 Å². The highest BCUT2D eigenvalue weighted by Gasteiger charge is 2.02. The Hall–Kier alpha value is 0.375. The lowest BCUT2D eigenvalue weighted by Crippen LogP contribution is -2.00. The van der Waals surface area contributed by atoms with Crippen molar-refractivity contribution in [2.75, 3.05) is 0 Å². The third-order valence-corrected chi connectivity index (χ3v) is 4.07. The minimum absolute atomic E-state index is 0.405. The van der Waals surface area contributed by atoms with Crippen LogP contribution < -0.4 is 0 Å². The Morgan fingerprint density at radius 2 is 0.947 bits per heavy atom. The van der Waals surface area contributed by atoms with Crippen molar-refractivity contribution >= 4 is 18.7 Å². The van der Waals surface area contributed by atoms with Gasteiger partial charge in [0.2, 0.25) is 0 Å². The number of rotatable bonds is 15. The molecule has 0 aromatic carbocycles. The topological polar surface area (TPSA) is 20.2 Å². The first-order chi connectivity index (χ1) is 9.27. The van der Waals surface area contributed by atoms with Crippen LogP contribution >= 0.6 is 12.5 Å². The molecule has 0 radical (unpaired) electrons. The second kappa shape index (κ2) is 16.4. The lowest BCUT2D eigenvalue weighted by Gasteiger charge is -2.03. The van der Waals surface area contributed by atoms with Gasteiger partial charge in [-0.2, -0.15) is 12.5 Å². The summed E-state index contributed by atoms with van der Waals surface area (Å²) in [5.74, 6) is 0. The molecule has 0 bridgehead atoms. The number of hydrogen-bond acceptors (Lipinski definition) is 2. The monoisotopic (exact) mass is 286 g/mol. The van der Waals surface area contributed by atoms with E-state index in [4.69, 9.17) is 5.02 Å². The molecule has 0 spiro atoms. The molecule has 0 amide bonds. The molecule has 3 heteroatoms. The van der Waals surface area contributed by atoms with Crippen LogP contribution in [0.25, 0.3) is 0 Å². The van der Waals surface area contributed by atoms with Crippen LogP contribution in [0.3, 0.4) is 0 Å². The van der Waals surface area contributed by atoms with E-state index in [1.54, 1.807) is 0 Å². The van der Waals surface area contributed by atoms with E-state index in [-0.39, 0.29) is 0 Å². The second-order valence-electron chi connectivity index (χ2n) is 5.87. The average molecular weight is 286 g/mol. The van der Waals surface area contributed by atoms with Gasteiger partial charge >= 0.3 is 6.19 Å². The lowest BCUT2D eigenvalue weighted by atomic mass is 9.89. The Labute approximate surface area is 127 Å². The molecule has 0 aromatic heterocycles. The van der Waals surface area contributed by atoms with Crippen molar-refractivity contribution < 1.29 is 5.02 Å². The lowest BCUT2D eigenvalue weighted by molar-refractivity contribution is 0.535. The summed E-state index contributed by atoms with van der Waals surface area (Å²) in [7, 11) is 0. The normalized spacial score (nSPS) is 10.9. The molecule has 0 aromatic rings. The summed E-state index contributed by atoms with van der Waals surface area (Å²) in [5, 5.41) is 9.01. The number of thiol groups is 1. The third-order valence-electron chi connectivity index (χ3n) is 3.82. The zero-order valence-electron chi connectivity index (χ0n) is 13.1. The first kappa shape index (κ1) is 19.4. The minimum Gasteiger partial charge on any atom is -0.442 e. The summed E-state index contributed by atoms with van der Waals surface area (Å²) in [6.45, 7) is 2.28. The van der Waals surface area contributed by atoms with Gasteiger partial charge in [0.25, 0.3) is 0 Å². The van der Waals surface area contributed by atoms with E-state index in [9.17, 15) is 0 Å². The van der Waals surface area contributed by atoms with E-state index >= 15 is 0 Å². The number of hydrogen-bond donors (Lipinski definition) is 2. The van der Waals surface area contributed by atoms with Crippen molar-refractivity contribution in [3.8, 4) is 0 Å². The summed E-state index contributed by atoms with van der Waals surface area (Å²) in [6.07, 6.45) is 19.8. The summed E-state index contributed by atoms with van der Waals surface area (Å²) in [5.41, 5.74) is 0. The molecular formula is C16H35BOS. The molecule has 0 unspecified atom stereocenters. The summed E-state index contributed by atoms with van der Waals surface area (Å²) >= 11 is 3.97. The summed E-state index contributed by atoms with van der Waals surface area (Å²) in [4.78, 5) is 0. The zero-order chi connectivity index (χ0) is 14.2. The van der Waals surface area contributed by atoms with Gasteiger partial charge in [-0.25, -0.2) is 0 Å². The molecule has 0 saturated carbocycles. The van der Waals surface area contributed by atoms with Gasteiger partial charge in [-0.05, 0) is 6.32 Å². The van der Waals surface area contributed by atoms with Crippen LogP contribution in [0, 0.1) is 0 Å². The summed E-state index contributed by atoms with van der Waals surface area (Å²) < 4.78 is 0. The Morgan fingerprint density at radius 1 is 0.632 bits per heavy atom. The van der Waals surface area contributed by atoms with Crippen LogP contribution in [0.5, 0.6) is 0 Å². The molecule has 19 heavy (non-hydrogen) atoms. The van der Waals surface area contributed by atoms with Gasteiger partial charge in [-0.3, -0.25) is 0 Å². The molecule has 1 N–H and O–H groups in total. The molecule has 0 aliphatic rings. The van der Waals surface area contributed by atoms with E-state index < -0.39 is 6.19 Å². The highest BCUT2D eigenvalue weighted by molar-refractivity contribution is 8.09. The van der Waals surface area contributed by atoms with Crippen molar-refractivity contribution in [1.82, 2.24) is 0 Å². The standard InChI is InChI=1S/C16H35BOS/c1-2-3-4-5-6-7-8-9-10-11-12-13-14-15-16-17(18)19/h18-19H,2-16H2,1H3. The molecule has 0 rings (SSSR count). The fourth-order valence-electron chi connectivity index (χ4n) is 2.52. The maximum absolute atomic E-state index is 9.01. The van der Waals surface area contributed by atoms with Crippen LogP contribution in [-0.4, -0.2) is 11.2 Å². The highest BCUT2D eigenvalue weighted by Crippen LogP contribution is 2.13. The van der Waals surface area contributed by atoms with E-state index in [2.05, 4.69) is 19.4 Å². The smallest absolute Gasteiger partial charge is 0.355 e. The molecule has 0 atom stereocenters. The van der Waals surface area contributed by atoms with E-state index in [1.807, 2.05) is 0 Å². The Bertz CT molecular complexity index is 165. The van der Waals surface area contributed by atoms with Gasteiger partial charge in [-0.1, -0.05) is 96.8 Å². The Kier molecular flexibility index (Phi) is 16.8. The molecule has 0 saturated heterocycles. The predicted molar refractivity (Wildman–Crippen MR) is 92.1 cm³/mol. The third kappa shape index (κ3) is 18.4. The predicted octanol–water partition coefficient (Wildman–Crippen LogP) is 5.88. The highest BCUT2D eigenvalue weighted by atomic mass is 32.1. The fraction of sp³-hybridized carbons (Fsp3) is 1.00. The summed E-state index contributed by atoms with van der Waals surface area (Å²) in [6, 6.07) is 0. The van der Waals surface area contributed by atoms with Crippen molar-refractivity contribution in [2.24, 2.45) is 0 Å². The Morgan fingerprint density at radius 3 is 1.26 bits per heavy atom. The van der Waals surface area contributed by atoms with Gasteiger partial charge in [0, 0.05) is 0 Å². The van der Waals surface area contributed by atoms with Gasteiger partial charge < -0.3 is 5.02 Å². The first-order valence-corrected chi connectivity index (χ1v) is 9.15. The largest absolute Gasteiger partial charge is 0.442 e. The zero-order valence-corrected chi connectivity index (χ0v) is 14.0. The van der Waals surface area contributed by atoms with Crippen LogP contribution in [0.4, 0.5) is 0 Å². The molecule has 114 valence electrons. The number of unbranched alkanes of at least 4 members (excludes halogenated alkanes) is 13. The van der Waals surface area contributed by atoms with Gasteiger partial charge in [0.15, 0.2) is 0 Å². The molecule has 0 aliphatic carbocycles. The van der Waals surface area contributed by atoms with E-state index in [1.165, 1.54) is 83.5 Å². The van der Waals surface area contributed by atoms with Crippen molar-refractivity contribution in [3.05, 3.63) is 0 Å². The van der Waals surface area contributed by atoms with Crippen LogP contribution in [0.2, 0.25) is 6.32 Å². The van der Waals surface area contributed by atoms with Crippen LogP contribution in [0.1, 0.15) is 96.8 Å². The van der Waals surface area contributed by atoms with E-state index in [0.717, 1.165) is 12.7 Å². The van der Waals surface area contributed by atoms with Gasteiger partial charge in [-0.15, -0.1) is 0 Å². The molecular weight excluding hydrogens is 251 g/mol. The van der Waals surface area contributed by atoms with Crippen molar-refractivity contribution in [3.63, 3.8) is 0 Å². The van der Waals surface area contributed by atoms with Crippen molar-refractivity contribution in [1.29, 1.82) is 0 Å². The minimum atomic E-state index is -0.405. The Balaban J connectivity index is 2.91. The first-order valence-electron chi connectivity index (χ1n) is 8.63. The fourth-order valence-corrected chi connectivity index (χ4v) is 2.70. The molecule has 0 heterocycles. The van der Waals surface area contributed by atoms with Gasteiger partial charge in [0.05, 0.1) is 0 Å². The molecule has 1 nitrogen and oxygen atoms in total. The SMILES string of the molecule is CCCCCCCCCCCCCCCCB(O)S. The quantitative estimate of drug-likeness (QED) is 0.219.